The fraction of sp³-hybridized carbons (Fsp3) is 0.455. The molecule has 0 radical (unpaired) electrons. The average Bonchev–Trinajstić information content (AvgIpc) is 3.40. The fourth-order valence-corrected chi connectivity index (χ4v) is 2.90. The third-order valence-electron chi connectivity index (χ3n) is 4.96. The van der Waals surface area contributed by atoms with Crippen LogP contribution in [0.15, 0.2) is 49.0 Å². The summed E-state index contributed by atoms with van der Waals surface area (Å²) >= 11 is 0. The van der Waals surface area contributed by atoms with E-state index in [1.54, 1.807) is 25.3 Å². The maximum absolute atomic E-state index is 6.06. The summed E-state index contributed by atoms with van der Waals surface area (Å²) < 4.78 is 5.27. The third kappa shape index (κ3) is 9.27. The largest absolute Gasteiger partial charge is 0.469 e. The minimum Gasteiger partial charge on any atom is -0.469 e. The van der Waals surface area contributed by atoms with Crippen molar-refractivity contribution in [2.75, 3.05) is 40.8 Å². The van der Waals surface area contributed by atoms with Crippen LogP contribution in [0.3, 0.4) is 0 Å². The van der Waals surface area contributed by atoms with Crippen molar-refractivity contribution >= 4 is 23.8 Å². The molecule has 0 aliphatic heterocycles. The quantitative estimate of drug-likeness (QED) is 0.251. The standard InChI is InChI=1S/C22H37N11O/c1-15-11-17(14-34-15)6-9-28-20(24)31-22(26)33(4)10-7-18-12-16(13-29-18)5-8-27-19(23)30-21(25)32(2)3/h11-14,29H,5-10H2,1-4H3,(H4,23,25,27,30)(H4,24,26,28,31). The number of hydrogen-bond donors (Lipinski definition) is 5. The van der Waals surface area contributed by atoms with E-state index in [1.807, 2.05) is 31.1 Å². The molecule has 186 valence electrons. The number of rotatable bonds is 9. The highest BCUT2D eigenvalue weighted by Gasteiger charge is 2.06. The minimum absolute atomic E-state index is 0.156. The van der Waals surface area contributed by atoms with Crippen LogP contribution in [-0.2, 0) is 19.3 Å². The average molecular weight is 472 g/mol. The predicted molar refractivity (Wildman–Crippen MR) is 138 cm³/mol. The van der Waals surface area contributed by atoms with E-state index in [4.69, 9.17) is 27.4 Å². The van der Waals surface area contributed by atoms with Crippen LogP contribution >= 0.6 is 0 Å². The zero-order valence-corrected chi connectivity index (χ0v) is 20.5. The summed E-state index contributed by atoms with van der Waals surface area (Å²) in [5, 5.41) is 0. The summed E-state index contributed by atoms with van der Waals surface area (Å²) in [6, 6.07) is 4.07. The number of nitrogens with two attached hydrogens (primary N) is 4. The van der Waals surface area contributed by atoms with Crippen LogP contribution in [0.4, 0.5) is 0 Å². The van der Waals surface area contributed by atoms with E-state index in [0.29, 0.717) is 31.6 Å². The minimum atomic E-state index is 0.156. The van der Waals surface area contributed by atoms with Gasteiger partial charge in [-0.1, -0.05) is 0 Å². The molecule has 0 aliphatic carbocycles. The van der Waals surface area contributed by atoms with Crippen molar-refractivity contribution in [3.8, 4) is 0 Å². The summed E-state index contributed by atoms with van der Waals surface area (Å²) in [5.41, 5.74) is 26.7. The Morgan fingerprint density at radius 2 is 1.50 bits per heavy atom. The van der Waals surface area contributed by atoms with Crippen LogP contribution in [0.25, 0.3) is 0 Å². The Morgan fingerprint density at radius 1 is 0.882 bits per heavy atom. The Labute approximate surface area is 200 Å². The number of nitrogens with one attached hydrogen (secondary N) is 1. The first kappa shape index (κ1) is 26.3. The molecule has 34 heavy (non-hydrogen) atoms. The maximum Gasteiger partial charge on any atom is 0.218 e. The normalized spacial score (nSPS) is 13.4. The fourth-order valence-electron chi connectivity index (χ4n) is 2.90. The molecule has 2 rings (SSSR count). The number of aromatic nitrogens is 1. The number of aryl methyl sites for hydroxylation is 1. The Morgan fingerprint density at radius 3 is 2.09 bits per heavy atom. The van der Waals surface area contributed by atoms with Crippen molar-refractivity contribution < 1.29 is 4.42 Å². The van der Waals surface area contributed by atoms with Gasteiger partial charge in [-0.15, -0.1) is 0 Å². The number of furan rings is 1. The molecule has 0 atom stereocenters. The lowest BCUT2D eigenvalue weighted by molar-refractivity contribution is 0.500. The van der Waals surface area contributed by atoms with Crippen molar-refractivity contribution in [2.45, 2.75) is 26.2 Å². The second-order valence-electron chi connectivity index (χ2n) is 8.08. The van der Waals surface area contributed by atoms with E-state index in [0.717, 1.165) is 41.8 Å². The Kier molecular flexibility index (Phi) is 9.99. The summed E-state index contributed by atoms with van der Waals surface area (Å²) in [4.78, 5) is 23.5. The molecule has 0 unspecified atom stereocenters. The molecule has 2 heterocycles. The Balaban J connectivity index is 1.77. The van der Waals surface area contributed by atoms with Gasteiger partial charge in [-0.3, -0.25) is 9.98 Å². The first-order chi connectivity index (χ1) is 16.1. The van der Waals surface area contributed by atoms with Crippen molar-refractivity contribution in [2.24, 2.45) is 42.9 Å². The van der Waals surface area contributed by atoms with Crippen LogP contribution in [0.2, 0.25) is 0 Å². The van der Waals surface area contributed by atoms with Crippen LogP contribution in [-0.4, -0.2) is 79.4 Å². The first-order valence-corrected chi connectivity index (χ1v) is 11.0. The maximum atomic E-state index is 6.06. The van der Waals surface area contributed by atoms with Crippen molar-refractivity contribution in [3.63, 3.8) is 0 Å². The predicted octanol–water partition coefficient (Wildman–Crippen LogP) is -0.00398. The molecule has 0 spiro atoms. The van der Waals surface area contributed by atoms with Crippen LogP contribution < -0.4 is 22.9 Å². The molecule has 2 aromatic heterocycles. The second kappa shape index (κ2) is 12.9. The lowest BCUT2D eigenvalue weighted by Crippen LogP contribution is -2.37. The number of H-pyrrole nitrogens is 1. The molecular weight excluding hydrogens is 434 g/mol. The van der Waals surface area contributed by atoms with Gasteiger partial charge < -0.3 is 42.1 Å². The van der Waals surface area contributed by atoms with Crippen LogP contribution in [0.1, 0.15) is 22.6 Å². The summed E-state index contributed by atoms with van der Waals surface area (Å²) in [6.45, 7) is 3.61. The lowest BCUT2D eigenvalue weighted by atomic mass is 10.2. The topological polar surface area (TPSA) is 189 Å². The zero-order chi connectivity index (χ0) is 25.1. The highest BCUT2D eigenvalue weighted by Crippen LogP contribution is 2.07. The highest BCUT2D eigenvalue weighted by atomic mass is 16.3. The van der Waals surface area contributed by atoms with Gasteiger partial charge in [-0.2, -0.15) is 9.98 Å². The van der Waals surface area contributed by atoms with Gasteiger partial charge in [0.15, 0.2) is 11.9 Å². The molecule has 0 aromatic carbocycles. The van der Waals surface area contributed by atoms with Gasteiger partial charge in [0.25, 0.3) is 0 Å². The van der Waals surface area contributed by atoms with Crippen molar-refractivity contribution in [3.05, 3.63) is 47.2 Å². The molecule has 0 bridgehead atoms. The van der Waals surface area contributed by atoms with E-state index in [2.05, 4.69) is 31.0 Å². The number of aliphatic imine (C=N–C) groups is 4. The van der Waals surface area contributed by atoms with Gasteiger partial charge >= 0.3 is 0 Å². The van der Waals surface area contributed by atoms with Gasteiger partial charge in [0.05, 0.1) is 6.26 Å². The van der Waals surface area contributed by atoms with E-state index >= 15 is 0 Å². The Bertz CT molecular complexity index is 1030. The van der Waals surface area contributed by atoms with Gasteiger partial charge in [0.2, 0.25) is 11.9 Å². The zero-order valence-electron chi connectivity index (χ0n) is 20.5. The molecule has 0 saturated carbocycles. The van der Waals surface area contributed by atoms with Gasteiger partial charge in [0, 0.05) is 59.1 Å². The molecule has 0 amide bonds. The molecule has 12 heteroatoms. The van der Waals surface area contributed by atoms with Gasteiger partial charge in [0.1, 0.15) is 5.76 Å². The smallest absolute Gasteiger partial charge is 0.218 e. The van der Waals surface area contributed by atoms with Crippen LogP contribution in [0, 0.1) is 6.92 Å². The molecule has 0 fully saturated rings. The molecule has 12 nitrogen and oxygen atoms in total. The molecule has 2 aromatic rings. The molecule has 9 N–H and O–H groups in total. The summed E-state index contributed by atoms with van der Waals surface area (Å²) in [5.74, 6) is 1.82. The van der Waals surface area contributed by atoms with Crippen molar-refractivity contribution in [1.82, 2.24) is 14.8 Å². The summed E-state index contributed by atoms with van der Waals surface area (Å²) in [6.07, 6.45) is 5.91. The van der Waals surface area contributed by atoms with Gasteiger partial charge in [-0.05, 0) is 43.0 Å². The number of hydrogen-bond acceptors (Lipinski definition) is 3. The van der Waals surface area contributed by atoms with Crippen molar-refractivity contribution in [1.29, 1.82) is 0 Å². The number of aromatic amines is 1. The molecule has 0 aliphatic rings. The SMILES string of the molecule is Cc1cc(CCN=C(N)N=C(N)N(C)CCc2cc(CCN=C(N)N=C(N)N(C)C)c[nH]2)co1. The van der Waals surface area contributed by atoms with E-state index in [-0.39, 0.29) is 11.9 Å². The molecule has 0 saturated heterocycles. The monoisotopic (exact) mass is 471 g/mol. The first-order valence-electron chi connectivity index (χ1n) is 11.0. The third-order valence-corrected chi connectivity index (χ3v) is 4.96. The lowest BCUT2D eigenvalue weighted by Gasteiger charge is -2.17. The number of nitrogens with zero attached hydrogens (tertiary/aromatic N) is 6. The number of guanidine groups is 4. The van der Waals surface area contributed by atoms with E-state index in [9.17, 15) is 0 Å². The van der Waals surface area contributed by atoms with Crippen LogP contribution in [0.5, 0.6) is 0 Å². The highest BCUT2D eigenvalue weighted by molar-refractivity contribution is 5.93. The van der Waals surface area contributed by atoms with E-state index in [1.165, 1.54) is 0 Å². The number of likely N-dealkylation sites (N-methyl/N-ethyl adjacent to an activating group) is 1. The second-order valence-corrected chi connectivity index (χ2v) is 8.08. The Hall–Kier alpha value is -3.96. The molecular formula is C22H37N11O. The van der Waals surface area contributed by atoms with Gasteiger partial charge in [-0.25, -0.2) is 0 Å². The van der Waals surface area contributed by atoms with E-state index < -0.39 is 0 Å². The summed E-state index contributed by atoms with van der Waals surface area (Å²) in [7, 11) is 5.44.